The maximum Gasteiger partial charge on any atom is 0.252 e. The first kappa shape index (κ1) is 18.7. The fraction of sp³-hybridized carbons (Fsp3) is 0.0833. The van der Waals surface area contributed by atoms with Gasteiger partial charge in [-0.2, -0.15) is 5.10 Å². The molecule has 3 heterocycles. The van der Waals surface area contributed by atoms with Gasteiger partial charge in [0.2, 0.25) is 0 Å². The molecular weight excluding hydrogens is 388 g/mol. The first-order chi connectivity index (χ1) is 15.3. The van der Waals surface area contributed by atoms with E-state index in [0.29, 0.717) is 17.9 Å². The number of amides is 1. The lowest BCUT2D eigenvalue weighted by Gasteiger charge is -2.18. The molecule has 1 atom stereocenters. The average molecular weight is 408 g/mol. The highest BCUT2D eigenvalue weighted by Crippen LogP contribution is 2.30. The van der Waals surface area contributed by atoms with Gasteiger partial charge in [0.1, 0.15) is 12.7 Å². The second-order valence-corrected chi connectivity index (χ2v) is 7.21. The summed E-state index contributed by atoms with van der Waals surface area (Å²) < 4.78 is 1.55. The second-order valence-electron chi connectivity index (χ2n) is 7.21. The van der Waals surface area contributed by atoms with Gasteiger partial charge in [0, 0.05) is 35.8 Å². The Balaban J connectivity index is 1.38. The van der Waals surface area contributed by atoms with Gasteiger partial charge in [0.25, 0.3) is 5.91 Å². The number of pyridine rings is 1. The molecule has 1 amide bonds. The van der Waals surface area contributed by atoms with Crippen molar-refractivity contribution in [3.05, 3.63) is 108 Å². The lowest BCUT2D eigenvalue weighted by molar-refractivity contribution is 0.0952. The number of carbonyl (C=O) groups is 1. The number of fused-ring (bicyclic) bond motifs is 1. The number of aromatic nitrogens is 5. The Morgan fingerprint density at radius 3 is 2.65 bits per heavy atom. The third-order valence-electron chi connectivity index (χ3n) is 5.33. The van der Waals surface area contributed by atoms with Crippen molar-refractivity contribution in [3.8, 4) is 5.82 Å². The maximum atomic E-state index is 12.8. The maximum absolute atomic E-state index is 12.8. The van der Waals surface area contributed by atoms with Crippen molar-refractivity contribution in [1.82, 2.24) is 30.0 Å². The number of benzene rings is 2. The quantitative estimate of drug-likeness (QED) is 0.448. The van der Waals surface area contributed by atoms with E-state index in [9.17, 15) is 4.79 Å². The highest BCUT2D eigenvalue weighted by atomic mass is 16.1. The molecule has 0 aliphatic carbocycles. The van der Waals surface area contributed by atoms with E-state index in [1.54, 1.807) is 29.3 Å². The Morgan fingerprint density at radius 2 is 1.87 bits per heavy atom. The second kappa shape index (κ2) is 8.23. The summed E-state index contributed by atoms with van der Waals surface area (Å²) in [5.41, 5.74) is 3.88. The number of rotatable bonds is 6. The van der Waals surface area contributed by atoms with E-state index in [0.717, 1.165) is 22.0 Å². The first-order valence-corrected chi connectivity index (χ1v) is 10.00. The number of carbonyl (C=O) groups excluding carboxylic acids is 1. The van der Waals surface area contributed by atoms with Crippen LogP contribution >= 0.6 is 0 Å². The van der Waals surface area contributed by atoms with Crippen molar-refractivity contribution in [3.63, 3.8) is 0 Å². The predicted molar refractivity (Wildman–Crippen MR) is 118 cm³/mol. The summed E-state index contributed by atoms with van der Waals surface area (Å²) in [5.74, 6) is 0.456. The van der Waals surface area contributed by atoms with Crippen LogP contribution in [0.2, 0.25) is 0 Å². The molecule has 0 aliphatic heterocycles. The summed E-state index contributed by atoms with van der Waals surface area (Å²) in [7, 11) is 0. The molecule has 7 heteroatoms. The number of H-pyrrole nitrogens is 1. The zero-order valence-electron chi connectivity index (χ0n) is 16.6. The minimum atomic E-state index is -0.168. The van der Waals surface area contributed by atoms with Crippen LogP contribution in [0.3, 0.4) is 0 Å². The van der Waals surface area contributed by atoms with Gasteiger partial charge in [-0.1, -0.05) is 48.5 Å². The van der Waals surface area contributed by atoms with Crippen molar-refractivity contribution < 1.29 is 4.79 Å². The van der Waals surface area contributed by atoms with Gasteiger partial charge in [-0.3, -0.25) is 4.79 Å². The van der Waals surface area contributed by atoms with Gasteiger partial charge < -0.3 is 10.3 Å². The largest absolute Gasteiger partial charge is 0.361 e. The molecule has 5 aromatic rings. The summed E-state index contributed by atoms with van der Waals surface area (Å²) in [4.78, 5) is 24.4. The lowest BCUT2D eigenvalue weighted by Crippen LogP contribution is -2.29. The minimum Gasteiger partial charge on any atom is -0.361 e. The predicted octanol–water partition coefficient (Wildman–Crippen LogP) is 3.71. The Labute approximate surface area is 178 Å². The summed E-state index contributed by atoms with van der Waals surface area (Å²) in [6.07, 6.45) is 6.59. The van der Waals surface area contributed by atoms with Crippen LogP contribution in [0.1, 0.15) is 27.4 Å². The molecule has 0 bridgehead atoms. The van der Waals surface area contributed by atoms with E-state index >= 15 is 0 Å². The number of hydrogen-bond acceptors (Lipinski definition) is 4. The fourth-order valence-corrected chi connectivity index (χ4v) is 3.75. The Bertz CT molecular complexity index is 1290. The van der Waals surface area contributed by atoms with Gasteiger partial charge in [0.05, 0.1) is 5.56 Å². The van der Waals surface area contributed by atoms with Crippen LogP contribution in [-0.2, 0) is 0 Å². The summed E-state index contributed by atoms with van der Waals surface area (Å²) in [6, 6.07) is 21.9. The van der Waals surface area contributed by atoms with Crippen LogP contribution in [0, 0.1) is 0 Å². The summed E-state index contributed by atoms with van der Waals surface area (Å²) in [5, 5.41) is 8.28. The molecular formula is C24H20N6O. The third-order valence-corrected chi connectivity index (χ3v) is 5.33. The van der Waals surface area contributed by atoms with Crippen LogP contribution in [0.15, 0.2) is 91.8 Å². The lowest BCUT2D eigenvalue weighted by atomic mass is 9.91. The third kappa shape index (κ3) is 3.81. The zero-order valence-corrected chi connectivity index (χ0v) is 16.6. The van der Waals surface area contributed by atoms with Gasteiger partial charge >= 0.3 is 0 Å². The van der Waals surface area contributed by atoms with Gasteiger partial charge in [0.15, 0.2) is 5.82 Å². The molecule has 152 valence electrons. The highest BCUT2D eigenvalue weighted by molar-refractivity contribution is 5.94. The fourth-order valence-electron chi connectivity index (χ4n) is 3.75. The standard InChI is InChI=1S/C24H20N6O/c31-24(18-10-11-23(27-12-18)30-16-25-15-29-30)28-13-20(17-6-2-1-3-7-17)21-14-26-22-9-5-4-8-19(21)22/h1-12,14-16,20,26H,13H2,(H,28,31). The Kier molecular flexibility index (Phi) is 4.98. The number of para-hydroxylation sites is 1. The average Bonchev–Trinajstić information content (AvgIpc) is 3.51. The van der Waals surface area contributed by atoms with Crippen LogP contribution in [-0.4, -0.2) is 37.2 Å². The van der Waals surface area contributed by atoms with Crippen molar-refractivity contribution in [2.45, 2.75) is 5.92 Å². The molecule has 0 saturated carbocycles. The van der Waals surface area contributed by atoms with Crippen LogP contribution < -0.4 is 5.32 Å². The normalized spacial score (nSPS) is 12.0. The zero-order chi connectivity index (χ0) is 21.0. The molecule has 3 aromatic heterocycles. The molecule has 0 saturated heterocycles. The van der Waals surface area contributed by atoms with E-state index in [-0.39, 0.29) is 11.8 Å². The molecule has 7 nitrogen and oxygen atoms in total. The van der Waals surface area contributed by atoms with E-state index < -0.39 is 0 Å². The van der Waals surface area contributed by atoms with Crippen molar-refractivity contribution >= 4 is 16.8 Å². The van der Waals surface area contributed by atoms with Crippen molar-refractivity contribution in [2.75, 3.05) is 6.54 Å². The van der Waals surface area contributed by atoms with E-state index in [2.05, 4.69) is 49.6 Å². The van der Waals surface area contributed by atoms with Crippen LogP contribution in [0.5, 0.6) is 0 Å². The summed E-state index contributed by atoms with van der Waals surface area (Å²) >= 11 is 0. The highest BCUT2D eigenvalue weighted by Gasteiger charge is 2.19. The molecule has 0 radical (unpaired) electrons. The smallest absolute Gasteiger partial charge is 0.252 e. The van der Waals surface area contributed by atoms with Gasteiger partial charge in [-0.25, -0.2) is 14.6 Å². The number of nitrogens with one attached hydrogen (secondary N) is 2. The van der Waals surface area contributed by atoms with E-state index in [1.165, 1.54) is 6.33 Å². The molecule has 2 aromatic carbocycles. The summed E-state index contributed by atoms with van der Waals surface area (Å²) in [6.45, 7) is 0.468. The van der Waals surface area contributed by atoms with Gasteiger partial charge in [-0.05, 0) is 29.3 Å². The molecule has 5 rings (SSSR count). The molecule has 31 heavy (non-hydrogen) atoms. The van der Waals surface area contributed by atoms with Crippen LogP contribution in [0.4, 0.5) is 0 Å². The van der Waals surface area contributed by atoms with Crippen molar-refractivity contribution in [1.29, 1.82) is 0 Å². The van der Waals surface area contributed by atoms with E-state index in [1.807, 2.05) is 36.5 Å². The topological polar surface area (TPSA) is 88.5 Å². The molecule has 1 unspecified atom stereocenters. The SMILES string of the molecule is O=C(NCC(c1ccccc1)c1c[nH]c2ccccc12)c1ccc(-n2cncn2)nc1. The number of aromatic amines is 1. The monoisotopic (exact) mass is 408 g/mol. The first-order valence-electron chi connectivity index (χ1n) is 10.00. The van der Waals surface area contributed by atoms with Crippen molar-refractivity contribution in [2.24, 2.45) is 0 Å². The Morgan fingerprint density at radius 1 is 1.03 bits per heavy atom. The minimum absolute atomic E-state index is 0.0173. The van der Waals surface area contributed by atoms with E-state index in [4.69, 9.17) is 0 Å². The van der Waals surface area contributed by atoms with Gasteiger partial charge in [-0.15, -0.1) is 0 Å². The molecule has 0 spiro atoms. The molecule has 2 N–H and O–H groups in total. The number of nitrogens with zero attached hydrogens (tertiary/aromatic N) is 4. The molecule has 0 fully saturated rings. The van der Waals surface area contributed by atoms with Crippen LogP contribution in [0.25, 0.3) is 16.7 Å². The molecule has 0 aliphatic rings. The Hall–Kier alpha value is -4.26. The number of hydrogen-bond donors (Lipinski definition) is 2.